The van der Waals surface area contributed by atoms with Crippen LogP contribution in [0.5, 0.6) is 5.75 Å². The van der Waals surface area contributed by atoms with Gasteiger partial charge in [-0.15, -0.1) is 0 Å². The molecule has 2 rings (SSSR count). The van der Waals surface area contributed by atoms with E-state index in [1.54, 1.807) is 50.4 Å². The highest BCUT2D eigenvalue weighted by Gasteiger charge is 2.30. The summed E-state index contributed by atoms with van der Waals surface area (Å²) in [6.45, 7) is 3.47. The van der Waals surface area contributed by atoms with Gasteiger partial charge in [0.15, 0.2) is 0 Å². The van der Waals surface area contributed by atoms with Crippen LogP contribution in [0.25, 0.3) is 0 Å². The SMILES string of the molecule is COc1ccc(C(C)(O)c2cccc(Br)c2F)cc1C. The van der Waals surface area contributed by atoms with Gasteiger partial charge in [-0.3, -0.25) is 0 Å². The van der Waals surface area contributed by atoms with Gasteiger partial charge in [0.25, 0.3) is 0 Å². The molecule has 0 spiro atoms. The molecule has 0 aromatic heterocycles. The lowest BCUT2D eigenvalue weighted by Crippen LogP contribution is -2.24. The van der Waals surface area contributed by atoms with Crippen LogP contribution in [0.3, 0.4) is 0 Å². The Kier molecular flexibility index (Phi) is 4.16. The Hall–Kier alpha value is -1.39. The largest absolute Gasteiger partial charge is 0.496 e. The summed E-state index contributed by atoms with van der Waals surface area (Å²) in [5.41, 5.74) is 0.329. The minimum Gasteiger partial charge on any atom is -0.496 e. The van der Waals surface area contributed by atoms with Gasteiger partial charge in [-0.1, -0.05) is 18.2 Å². The number of hydrogen-bond donors (Lipinski definition) is 1. The lowest BCUT2D eigenvalue weighted by molar-refractivity contribution is 0.0977. The van der Waals surface area contributed by atoms with Crippen LogP contribution in [0.2, 0.25) is 0 Å². The average Bonchev–Trinajstić information content (AvgIpc) is 2.41. The van der Waals surface area contributed by atoms with Crippen LogP contribution in [0.1, 0.15) is 23.6 Å². The average molecular weight is 339 g/mol. The molecule has 1 N–H and O–H groups in total. The van der Waals surface area contributed by atoms with Crippen LogP contribution < -0.4 is 4.74 Å². The summed E-state index contributed by atoms with van der Waals surface area (Å²) in [6.07, 6.45) is 0. The third-order valence-corrected chi connectivity index (χ3v) is 4.05. The second-order valence-electron chi connectivity index (χ2n) is 4.86. The van der Waals surface area contributed by atoms with Crippen molar-refractivity contribution in [2.24, 2.45) is 0 Å². The highest BCUT2D eigenvalue weighted by molar-refractivity contribution is 9.10. The van der Waals surface area contributed by atoms with Crippen LogP contribution in [0.15, 0.2) is 40.9 Å². The summed E-state index contributed by atoms with van der Waals surface area (Å²) in [5.74, 6) is 0.283. The molecule has 0 saturated carbocycles. The van der Waals surface area contributed by atoms with E-state index in [0.29, 0.717) is 10.0 Å². The molecule has 1 atom stereocenters. The van der Waals surface area contributed by atoms with E-state index in [1.165, 1.54) is 0 Å². The Morgan fingerprint density at radius 3 is 2.55 bits per heavy atom. The third-order valence-electron chi connectivity index (χ3n) is 3.43. The Morgan fingerprint density at radius 1 is 1.25 bits per heavy atom. The summed E-state index contributed by atoms with van der Waals surface area (Å²) in [4.78, 5) is 0. The standard InChI is InChI=1S/C16H16BrFO2/c1-10-9-11(7-8-14(10)20-3)16(2,19)12-5-4-6-13(17)15(12)18/h4-9,19H,1-3H3. The molecule has 2 aromatic rings. The molecule has 20 heavy (non-hydrogen) atoms. The Labute approximate surface area is 126 Å². The van der Waals surface area contributed by atoms with E-state index in [9.17, 15) is 9.50 Å². The van der Waals surface area contributed by atoms with Crippen LogP contribution in [-0.2, 0) is 5.60 Å². The molecule has 0 fully saturated rings. The van der Waals surface area contributed by atoms with E-state index >= 15 is 0 Å². The van der Waals surface area contributed by atoms with Crippen molar-refractivity contribution < 1.29 is 14.2 Å². The van der Waals surface area contributed by atoms with Gasteiger partial charge in [0.2, 0.25) is 0 Å². The van der Waals surface area contributed by atoms with Gasteiger partial charge in [-0.25, -0.2) is 4.39 Å². The number of hydrogen-bond acceptors (Lipinski definition) is 2. The van der Waals surface area contributed by atoms with Crippen molar-refractivity contribution >= 4 is 15.9 Å². The van der Waals surface area contributed by atoms with Crippen molar-refractivity contribution in [1.82, 2.24) is 0 Å². The van der Waals surface area contributed by atoms with Crippen molar-refractivity contribution in [2.75, 3.05) is 7.11 Å². The fraction of sp³-hybridized carbons (Fsp3) is 0.250. The normalized spacial score (nSPS) is 13.9. The number of aryl methyl sites for hydroxylation is 1. The second kappa shape index (κ2) is 5.54. The minimum atomic E-state index is -1.41. The molecule has 0 aliphatic rings. The zero-order valence-electron chi connectivity index (χ0n) is 11.6. The maximum Gasteiger partial charge on any atom is 0.143 e. The second-order valence-corrected chi connectivity index (χ2v) is 5.71. The zero-order valence-corrected chi connectivity index (χ0v) is 13.2. The van der Waals surface area contributed by atoms with Gasteiger partial charge in [0.05, 0.1) is 11.6 Å². The lowest BCUT2D eigenvalue weighted by atomic mass is 9.87. The number of aliphatic hydroxyl groups is 1. The molecule has 0 aliphatic heterocycles. The number of rotatable bonds is 3. The highest BCUT2D eigenvalue weighted by atomic mass is 79.9. The fourth-order valence-electron chi connectivity index (χ4n) is 2.22. The molecule has 106 valence electrons. The summed E-state index contributed by atoms with van der Waals surface area (Å²) in [5, 5.41) is 10.7. The van der Waals surface area contributed by atoms with Gasteiger partial charge in [0, 0.05) is 5.56 Å². The highest BCUT2D eigenvalue weighted by Crippen LogP contribution is 2.35. The Morgan fingerprint density at radius 2 is 1.95 bits per heavy atom. The molecule has 2 aromatic carbocycles. The number of ether oxygens (including phenoxy) is 1. The lowest BCUT2D eigenvalue weighted by Gasteiger charge is -2.26. The smallest absolute Gasteiger partial charge is 0.143 e. The first-order valence-electron chi connectivity index (χ1n) is 6.20. The quantitative estimate of drug-likeness (QED) is 0.910. The van der Waals surface area contributed by atoms with Crippen molar-refractivity contribution in [2.45, 2.75) is 19.4 Å². The molecule has 2 nitrogen and oxygen atoms in total. The predicted molar refractivity (Wildman–Crippen MR) is 80.5 cm³/mol. The van der Waals surface area contributed by atoms with Gasteiger partial charge in [0.1, 0.15) is 17.2 Å². The first-order chi connectivity index (χ1) is 9.37. The molecule has 4 heteroatoms. The van der Waals surface area contributed by atoms with Crippen molar-refractivity contribution in [3.8, 4) is 5.75 Å². The van der Waals surface area contributed by atoms with E-state index in [2.05, 4.69) is 15.9 Å². The molecule has 0 amide bonds. The number of halogens is 2. The van der Waals surface area contributed by atoms with Crippen LogP contribution in [0.4, 0.5) is 4.39 Å². The number of benzene rings is 2. The summed E-state index contributed by atoms with van der Waals surface area (Å²) >= 11 is 3.14. The van der Waals surface area contributed by atoms with Gasteiger partial charge >= 0.3 is 0 Å². The van der Waals surface area contributed by atoms with Gasteiger partial charge in [-0.2, -0.15) is 0 Å². The van der Waals surface area contributed by atoms with Gasteiger partial charge in [-0.05, 0) is 59.1 Å². The summed E-state index contributed by atoms with van der Waals surface area (Å²) in [7, 11) is 1.59. The molecule has 0 bridgehead atoms. The molecule has 0 aliphatic carbocycles. The predicted octanol–water partition coefficient (Wildman–Crippen LogP) is 4.16. The third kappa shape index (κ3) is 2.58. The van der Waals surface area contributed by atoms with E-state index in [-0.39, 0.29) is 5.56 Å². The molecule has 0 radical (unpaired) electrons. The van der Waals surface area contributed by atoms with Crippen molar-refractivity contribution in [1.29, 1.82) is 0 Å². The first kappa shape index (κ1) is 15.0. The van der Waals surface area contributed by atoms with Crippen LogP contribution in [-0.4, -0.2) is 12.2 Å². The van der Waals surface area contributed by atoms with E-state index in [4.69, 9.17) is 4.74 Å². The molecular weight excluding hydrogens is 323 g/mol. The molecular formula is C16H16BrFO2. The summed E-state index contributed by atoms with van der Waals surface area (Å²) < 4.78 is 19.7. The fourth-order valence-corrected chi connectivity index (χ4v) is 2.58. The monoisotopic (exact) mass is 338 g/mol. The van der Waals surface area contributed by atoms with Crippen LogP contribution in [0, 0.1) is 12.7 Å². The maximum absolute atomic E-state index is 14.2. The molecule has 0 saturated heterocycles. The number of methoxy groups -OCH3 is 1. The summed E-state index contributed by atoms with van der Waals surface area (Å²) in [6, 6.07) is 10.2. The molecule has 0 heterocycles. The Balaban J connectivity index is 2.54. The first-order valence-corrected chi connectivity index (χ1v) is 6.99. The minimum absolute atomic E-state index is 0.233. The zero-order chi connectivity index (χ0) is 14.9. The van der Waals surface area contributed by atoms with E-state index in [1.807, 2.05) is 6.92 Å². The molecule has 1 unspecified atom stereocenters. The Bertz CT molecular complexity index is 638. The van der Waals surface area contributed by atoms with Crippen molar-refractivity contribution in [3.05, 3.63) is 63.4 Å². The van der Waals surface area contributed by atoms with Gasteiger partial charge < -0.3 is 9.84 Å². The van der Waals surface area contributed by atoms with Crippen LogP contribution >= 0.6 is 15.9 Å². The van der Waals surface area contributed by atoms with E-state index < -0.39 is 11.4 Å². The maximum atomic E-state index is 14.2. The van der Waals surface area contributed by atoms with E-state index in [0.717, 1.165) is 11.3 Å². The van der Waals surface area contributed by atoms with Crippen molar-refractivity contribution in [3.63, 3.8) is 0 Å². The topological polar surface area (TPSA) is 29.5 Å².